The Morgan fingerprint density at radius 2 is 1.00 bits per heavy atom. The van der Waals surface area contributed by atoms with Gasteiger partial charge in [-0.1, -0.05) is 112 Å². The second-order valence-electron chi connectivity index (χ2n) is 7.04. The van der Waals surface area contributed by atoms with Crippen molar-refractivity contribution in [2.45, 2.75) is 112 Å². The lowest BCUT2D eigenvalue weighted by atomic mass is 9.89. The molecule has 0 saturated heterocycles. The van der Waals surface area contributed by atoms with Gasteiger partial charge in [0.05, 0.1) is 0 Å². The van der Waals surface area contributed by atoms with Crippen molar-refractivity contribution in [3.63, 3.8) is 0 Å². The maximum Gasteiger partial charge on any atom is -0.0417 e. The summed E-state index contributed by atoms with van der Waals surface area (Å²) in [6.45, 7) is 11.8. The molecule has 0 amide bonds. The largest absolute Gasteiger partial charge is 0.0651 e. The van der Waals surface area contributed by atoms with E-state index in [-0.39, 0.29) is 0 Å². The van der Waals surface area contributed by atoms with Crippen LogP contribution in [0.2, 0.25) is 0 Å². The Balaban J connectivity index is 3.56. The van der Waals surface area contributed by atoms with Crippen LogP contribution in [0.15, 0.2) is 0 Å². The smallest absolute Gasteiger partial charge is 0.0417 e. The summed E-state index contributed by atoms with van der Waals surface area (Å²) in [4.78, 5) is 0. The summed E-state index contributed by atoms with van der Waals surface area (Å²) in [5.41, 5.74) is 0. The van der Waals surface area contributed by atoms with Gasteiger partial charge >= 0.3 is 0 Å². The first-order valence-electron chi connectivity index (χ1n) is 9.67. The van der Waals surface area contributed by atoms with E-state index in [2.05, 4.69) is 34.6 Å². The number of unbranched alkanes of at least 4 members (excludes halogenated alkanes) is 2. The van der Waals surface area contributed by atoms with E-state index in [1.54, 1.807) is 0 Å². The average molecular weight is 283 g/mol. The van der Waals surface area contributed by atoms with Gasteiger partial charge in [-0.3, -0.25) is 0 Å². The Bertz CT molecular complexity index is 180. The van der Waals surface area contributed by atoms with Gasteiger partial charge in [-0.15, -0.1) is 0 Å². The fourth-order valence-electron chi connectivity index (χ4n) is 3.25. The van der Waals surface area contributed by atoms with Gasteiger partial charge < -0.3 is 0 Å². The molecule has 2 unspecified atom stereocenters. The molecule has 0 bridgehead atoms. The molecule has 0 fully saturated rings. The van der Waals surface area contributed by atoms with Gasteiger partial charge in [-0.25, -0.2) is 0 Å². The molecule has 0 aromatic rings. The Morgan fingerprint density at radius 1 is 0.500 bits per heavy atom. The first-order chi connectivity index (χ1) is 9.67. The van der Waals surface area contributed by atoms with Gasteiger partial charge in [-0.2, -0.15) is 0 Å². The van der Waals surface area contributed by atoms with E-state index < -0.39 is 0 Å². The highest BCUT2D eigenvalue weighted by molar-refractivity contribution is 4.62. The second-order valence-corrected chi connectivity index (χ2v) is 7.04. The molecule has 0 heterocycles. The maximum atomic E-state index is 2.40. The van der Waals surface area contributed by atoms with Gasteiger partial charge in [0, 0.05) is 0 Å². The maximum absolute atomic E-state index is 2.40. The summed E-state index contributed by atoms with van der Waals surface area (Å²) in [6, 6.07) is 0. The zero-order valence-electron chi connectivity index (χ0n) is 15.2. The zero-order chi connectivity index (χ0) is 15.2. The third-order valence-corrected chi connectivity index (χ3v) is 5.46. The lowest BCUT2D eigenvalue weighted by Crippen LogP contribution is -2.02. The van der Waals surface area contributed by atoms with Crippen molar-refractivity contribution >= 4 is 0 Å². The van der Waals surface area contributed by atoms with Crippen molar-refractivity contribution in [3.8, 4) is 0 Å². The van der Waals surface area contributed by atoms with E-state index in [4.69, 9.17) is 0 Å². The van der Waals surface area contributed by atoms with Gasteiger partial charge in [0.25, 0.3) is 0 Å². The van der Waals surface area contributed by atoms with E-state index in [0.29, 0.717) is 0 Å². The van der Waals surface area contributed by atoms with E-state index in [1.165, 1.54) is 77.0 Å². The Morgan fingerprint density at radius 3 is 1.55 bits per heavy atom. The van der Waals surface area contributed by atoms with Gasteiger partial charge in [0.2, 0.25) is 0 Å². The van der Waals surface area contributed by atoms with Crippen LogP contribution in [0.25, 0.3) is 0 Å². The topological polar surface area (TPSA) is 0 Å². The molecule has 0 radical (unpaired) electrons. The van der Waals surface area contributed by atoms with Crippen LogP contribution < -0.4 is 0 Å². The molecule has 122 valence electrons. The van der Waals surface area contributed by atoms with Crippen molar-refractivity contribution in [1.82, 2.24) is 0 Å². The summed E-state index contributed by atoms with van der Waals surface area (Å²) in [5.74, 6) is 2.94. The van der Waals surface area contributed by atoms with E-state index >= 15 is 0 Å². The van der Waals surface area contributed by atoms with Crippen LogP contribution in [0, 0.1) is 17.8 Å². The molecule has 0 aliphatic carbocycles. The Labute approximate surface area is 130 Å². The molecular weight excluding hydrogens is 240 g/mol. The van der Waals surface area contributed by atoms with Crippen molar-refractivity contribution < 1.29 is 0 Å². The van der Waals surface area contributed by atoms with Crippen LogP contribution in [0.4, 0.5) is 0 Å². The van der Waals surface area contributed by atoms with E-state index in [1.807, 2.05) is 0 Å². The molecule has 0 N–H and O–H groups in total. The number of hydrogen-bond acceptors (Lipinski definition) is 0. The number of hydrogen-bond donors (Lipinski definition) is 0. The third-order valence-electron chi connectivity index (χ3n) is 5.46. The average Bonchev–Trinajstić information content (AvgIpc) is 2.48. The fourth-order valence-corrected chi connectivity index (χ4v) is 3.25. The van der Waals surface area contributed by atoms with Crippen LogP contribution >= 0.6 is 0 Å². The monoisotopic (exact) mass is 282 g/mol. The molecule has 0 aliphatic rings. The first kappa shape index (κ1) is 20.0. The van der Waals surface area contributed by atoms with Crippen LogP contribution in [0.1, 0.15) is 112 Å². The molecule has 0 aliphatic heterocycles. The van der Waals surface area contributed by atoms with Crippen LogP contribution in [0.5, 0.6) is 0 Å². The molecular formula is C20H42. The molecule has 0 heteroatoms. The van der Waals surface area contributed by atoms with Gasteiger partial charge in [0.1, 0.15) is 0 Å². The van der Waals surface area contributed by atoms with E-state index in [9.17, 15) is 0 Å². The molecule has 20 heavy (non-hydrogen) atoms. The summed E-state index contributed by atoms with van der Waals surface area (Å²) < 4.78 is 0. The fraction of sp³-hybridized carbons (Fsp3) is 1.00. The molecule has 2 atom stereocenters. The normalized spacial score (nSPS) is 14.7. The highest BCUT2D eigenvalue weighted by Gasteiger charge is 2.09. The minimum Gasteiger partial charge on any atom is -0.0651 e. The predicted molar refractivity (Wildman–Crippen MR) is 94.2 cm³/mol. The number of rotatable bonds is 14. The van der Waals surface area contributed by atoms with Crippen LogP contribution in [0.3, 0.4) is 0 Å². The highest BCUT2D eigenvalue weighted by atomic mass is 14.1. The quantitative estimate of drug-likeness (QED) is 0.287. The summed E-state index contributed by atoms with van der Waals surface area (Å²) in [7, 11) is 0. The predicted octanol–water partition coefficient (Wildman–Crippen LogP) is 7.62. The van der Waals surface area contributed by atoms with Crippen LogP contribution in [-0.4, -0.2) is 0 Å². The molecule has 0 aromatic heterocycles. The highest BCUT2D eigenvalue weighted by Crippen LogP contribution is 2.24. The molecule has 0 aromatic carbocycles. The molecule has 0 spiro atoms. The lowest BCUT2D eigenvalue weighted by molar-refractivity contribution is 0.360. The van der Waals surface area contributed by atoms with Gasteiger partial charge in [-0.05, 0) is 17.8 Å². The second kappa shape index (κ2) is 14.0. The Hall–Kier alpha value is 0. The standard InChI is InChI=1S/C20H42/c1-6-18(5)14-11-10-12-15-20(9-4)17-13-16-19(7-2)8-3/h18-20H,6-17H2,1-5H3. The zero-order valence-corrected chi connectivity index (χ0v) is 15.2. The molecule has 0 rings (SSSR count). The SMILES string of the molecule is CCC(C)CCCCCC(CC)CCCC(CC)CC. The molecule has 0 nitrogen and oxygen atoms in total. The van der Waals surface area contributed by atoms with E-state index in [0.717, 1.165) is 17.8 Å². The Kier molecular flexibility index (Phi) is 14.0. The van der Waals surface area contributed by atoms with Crippen molar-refractivity contribution in [1.29, 1.82) is 0 Å². The van der Waals surface area contributed by atoms with Crippen molar-refractivity contribution in [3.05, 3.63) is 0 Å². The summed E-state index contributed by atoms with van der Waals surface area (Å²) in [6.07, 6.45) is 17.3. The van der Waals surface area contributed by atoms with Crippen molar-refractivity contribution in [2.75, 3.05) is 0 Å². The van der Waals surface area contributed by atoms with Crippen LogP contribution in [-0.2, 0) is 0 Å². The minimum absolute atomic E-state index is 0.942. The van der Waals surface area contributed by atoms with Crippen molar-refractivity contribution in [2.24, 2.45) is 17.8 Å². The summed E-state index contributed by atoms with van der Waals surface area (Å²) >= 11 is 0. The molecule has 0 saturated carbocycles. The minimum atomic E-state index is 0.942. The summed E-state index contributed by atoms with van der Waals surface area (Å²) in [5, 5.41) is 0. The van der Waals surface area contributed by atoms with Gasteiger partial charge in [0.15, 0.2) is 0 Å². The third kappa shape index (κ3) is 10.7. The lowest BCUT2D eigenvalue weighted by Gasteiger charge is -2.17. The first-order valence-corrected chi connectivity index (χ1v) is 9.67.